The summed E-state index contributed by atoms with van der Waals surface area (Å²) in [5.41, 5.74) is 0. The summed E-state index contributed by atoms with van der Waals surface area (Å²) >= 11 is 0. The van der Waals surface area contributed by atoms with Gasteiger partial charge in [-0.2, -0.15) is 0 Å². The van der Waals surface area contributed by atoms with Gasteiger partial charge in [0.05, 0.1) is 0 Å². The number of hydrogen-bond donors (Lipinski definition) is 2. The van der Waals surface area contributed by atoms with E-state index in [9.17, 15) is 9.59 Å². The van der Waals surface area contributed by atoms with Crippen LogP contribution in [0.15, 0.2) is 0 Å². The van der Waals surface area contributed by atoms with Crippen molar-refractivity contribution in [3.05, 3.63) is 0 Å². The molecule has 1 unspecified atom stereocenters. The molecule has 1 aliphatic rings. The predicted octanol–water partition coefficient (Wildman–Crippen LogP) is 2.46. The van der Waals surface area contributed by atoms with Crippen LogP contribution in [-0.4, -0.2) is 41.1 Å². The predicted molar refractivity (Wildman–Crippen MR) is 74.1 cm³/mol. The first kappa shape index (κ1) is 15.8. The minimum absolute atomic E-state index is 0.0317. The Hall–Kier alpha value is -1.26. The summed E-state index contributed by atoms with van der Waals surface area (Å²) in [5.74, 6) is -0.227. The van der Waals surface area contributed by atoms with Gasteiger partial charge >= 0.3 is 12.0 Å². The van der Waals surface area contributed by atoms with E-state index in [1.807, 2.05) is 4.90 Å². The quantitative estimate of drug-likeness (QED) is 0.728. The fraction of sp³-hybridized carbons (Fsp3) is 0.857. The zero-order valence-electron chi connectivity index (χ0n) is 12.0. The Morgan fingerprint density at radius 3 is 2.74 bits per heavy atom. The second-order valence-electron chi connectivity index (χ2n) is 5.70. The van der Waals surface area contributed by atoms with Crippen molar-refractivity contribution in [3.63, 3.8) is 0 Å². The molecule has 110 valence electrons. The minimum atomic E-state index is -0.815. The van der Waals surface area contributed by atoms with Crippen molar-refractivity contribution in [1.29, 1.82) is 0 Å². The van der Waals surface area contributed by atoms with Gasteiger partial charge < -0.3 is 15.3 Å². The Labute approximate surface area is 115 Å². The van der Waals surface area contributed by atoms with Crippen LogP contribution in [0.3, 0.4) is 0 Å². The summed E-state index contributed by atoms with van der Waals surface area (Å²) in [6, 6.07) is 0.309. The van der Waals surface area contributed by atoms with Gasteiger partial charge in [-0.3, -0.25) is 4.79 Å². The Balaban J connectivity index is 2.36. The second-order valence-corrected chi connectivity index (χ2v) is 5.70. The summed E-state index contributed by atoms with van der Waals surface area (Å²) in [6.07, 6.45) is 4.99. The van der Waals surface area contributed by atoms with Crippen LogP contribution >= 0.6 is 0 Å². The molecule has 1 heterocycles. The van der Waals surface area contributed by atoms with Crippen LogP contribution in [0.4, 0.5) is 4.79 Å². The van der Waals surface area contributed by atoms with E-state index in [4.69, 9.17) is 5.11 Å². The molecule has 1 rings (SSSR count). The van der Waals surface area contributed by atoms with Crippen molar-refractivity contribution >= 4 is 12.0 Å². The van der Waals surface area contributed by atoms with Crippen molar-refractivity contribution in [2.75, 3.05) is 13.1 Å². The summed E-state index contributed by atoms with van der Waals surface area (Å²) in [4.78, 5) is 24.4. The summed E-state index contributed by atoms with van der Waals surface area (Å²) < 4.78 is 0. The first-order valence-electron chi connectivity index (χ1n) is 7.27. The Bertz CT molecular complexity index is 305. The van der Waals surface area contributed by atoms with E-state index in [-0.39, 0.29) is 12.5 Å². The number of nitrogens with one attached hydrogen (secondary N) is 1. The number of piperidine rings is 1. The number of urea groups is 1. The van der Waals surface area contributed by atoms with E-state index in [2.05, 4.69) is 19.2 Å². The molecule has 19 heavy (non-hydrogen) atoms. The largest absolute Gasteiger partial charge is 0.481 e. The smallest absolute Gasteiger partial charge is 0.317 e. The summed E-state index contributed by atoms with van der Waals surface area (Å²) in [6.45, 7) is 5.62. The minimum Gasteiger partial charge on any atom is -0.481 e. The highest BCUT2D eigenvalue weighted by atomic mass is 16.4. The van der Waals surface area contributed by atoms with Gasteiger partial charge in [-0.15, -0.1) is 0 Å². The average molecular weight is 270 g/mol. The highest BCUT2D eigenvalue weighted by Crippen LogP contribution is 2.22. The summed E-state index contributed by atoms with van der Waals surface area (Å²) in [5, 5.41) is 11.4. The fourth-order valence-electron chi connectivity index (χ4n) is 2.59. The lowest BCUT2D eigenvalue weighted by Gasteiger charge is -2.36. The number of hydrogen-bond acceptors (Lipinski definition) is 2. The summed E-state index contributed by atoms with van der Waals surface area (Å²) in [7, 11) is 0. The molecule has 0 aliphatic carbocycles. The van der Waals surface area contributed by atoms with Gasteiger partial charge in [0.25, 0.3) is 0 Å². The number of amides is 2. The van der Waals surface area contributed by atoms with E-state index >= 15 is 0 Å². The monoisotopic (exact) mass is 270 g/mol. The lowest BCUT2D eigenvalue weighted by Crippen LogP contribution is -2.49. The van der Waals surface area contributed by atoms with Crippen molar-refractivity contribution in [2.45, 2.75) is 58.4 Å². The number of rotatable bonds is 6. The Morgan fingerprint density at radius 1 is 1.37 bits per heavy atom. The van der Waals surface area contributed by atoms with Gasteiger partial charge in [0.15, 0.2) is 0 Å². The third kappa shape index (κ3) is 5.94. The maximum Gasteiger partial charge on any atom is 0.317 e. The average Bonchev–Trinajstić information content (AvgIpc) is 2.34. The lowest BCUT2D eigenvalue weighted by atomic mass is 9.94. The van der Waals surface area contributed by atoms with Gasteiger partial charge in [0.2, 0.25) is 0 Å². The molecule has 0 radical (unpaired) electrons. The van der Waals surface area contributed by atoms with E-state index < -0.39 is 5.97 Å². The third-order valence-corrected chi connectivity index (χ3v) is 3.48. The molecule has 2 amide bonds. The number of nitrogens with zero attached hydrogens (tertiary/aromatic N) is 1. The van der Waals surface area contributed by atoms with Gasteiger partial charge in [0.1, 0.15) is 0 Å². The molecule has 0 spiro atoms. The number of carboxylic acids is 1. The van der Waals surface area contributed by atoms with Crippen LogP contribution < -0.4 is 5.32 Å². The molecule has 5 nitrogen and oxygen atoms in total. The lowest BCUT2D eigenvalue weighted by molar-refractivity contribution is -0.137. The van der Waals surface area contributed by atoms with Gasteiger partial charge in [-0.05, 0) is 38.0 Å². The van der Waals surface area contributed by atoms with Crippen LogP contribution in [0.25, 0.3) is 0 Å². The van der Waals surface area contributed by atoms with Crippen molar-refractivity contribution in [1.82, 2.24) is 10.2 Å². The Morgan fingerprint density at radius 2 is 2.11 bits per heavy atom. The number of aliphatic carboxylic acids is 1. The van der Waals surface area contributed by atoms with E-state index in [1.165, 1.54) is 6.42 Å². The maximum atomic E-state index is 12.1. The van der Waals surface area contributed by atoms with Gasteiger partial charge in [-0.1, -0.05) is 13.8 Å². The van der Waals surface area contributed by atoms with E-state index in [1.54, 1.807) is 0 Å². The third-order valence-electron chi connectivity index (χ3n) is 3.48. The molecule has 1 aliphatic heterocycles. The molecule has 1 fully saturated rings. The molecule has 1 saturated heterocycles. The molecule has 0 bridgehead atoms. The van der Waals surface area contributed by atoms with Crippen molar-refractivity contribution in [3.8, 4) is 0 Å². The molecular weight excluding hydrogens is 244 g/mol. The van der Waals surface area contributed by atoms with Crippen molar-refractivity contribution < 1.29 is 14.7 Å². The second kappa shape index (κ2) is 8.02. The molecule has 1 atom stereocenters. The van der Waals surface area contributed by atoms with Crippen LogP contribution in [0, 0.1) is 5.92 Å². The molecular formula is C14H26N2O3. The number of likely N-dealkylation sites (tertiary alicyclic amines) is 1. The normalized spacial score (nSPS) is 19.5. The van der Waals surface area contributed by atoms with Crippen LogP contribution in [-0.2, 0) is 4.79 Å². The number of carbonyl (C=O) groups is 2. The fourth-order valence-corrected chi connectivity index (χ4v) is 2.59. The SMILES string of the molecule is CC(C)CC1CCCCN1C(=O)NCCCC(=O)O. The molecule has 2 N–H and O–H groups in total. The Kier molecular flexibility index (Phi) is 6.67. The van der Waals surface area contributed by atoms with E-state index in [0.29, 0.717) is 24.9 Å². The zero-order chi connectivity index (χ0) is 14.3. The highest BCUT2D eigenvalue weighted by molar-refractivity contribution is 5.74. The van der Waals surface area contributed by atoms with Gasteiger partial charge in [0, 0.05) is 25.6 Å². The molecule has 0 saturated carbocycles. The zero-order valence-corrected chi connectivity index (χ0v) is 12.0. The molecule has 0 aromatic rings. The first-order chi connectivity index (χ1) is 9.00. The number of carboxylic acid groups (broad SMARTS) is 1. The first-order valence-corrected chi connectivity index (χ1v) is 7.27. The molecule has 0 aromatic carbocycles. The molecule has 0 aromatic heterocycles. The van der Waals surface area contributed by atoms with E-state index in [0.717, 1.165) is 25.8 Å². The maximum absolute atomic E-state index is 12.1. The van der Waals surface area contributed by atoms with Crippen LogP contribution in [0.1, 0.15) is 52.4 Å². The molecule has 5 heteroatoms. The van der Waals surface area contributed by atoms with Crippen LogP contribution in [0.5, 0.6) is 0 Å². The van der Waals surface area contributed by atoms with Crippen molar-refractivity contribution in [2.24, 2.45) is 5.92 Å². The van der Waals surface area contributed by atoms with Gasteiger partial charge in [-0.25, -0.2) is 4.79 Å². The highest BCUT2D eigenvalue weighted by Gasteiger charge is 2.26. The van der Waals surface area contributed by atoms with Crippen LogP contribution in [0.2, 0.25) is 0 Å². The number of carbonyl (C=O) groups excluding carboxylic acids is 1. The topological polar surface area (TPSA) is 69.6 Å². The standard InChI is InChI=1S/C14H26N2O3/c1-11(2)10-12-6-3-4-9-16(12)14(19)15-8-5-7-13(17)18/h11-12H,3-10H2,1-2H3,(H,15,19)(H,17,18).